The van der Waals surface area contributed by atoms with Crippen LogP contribution in [0.15, 0.2) is 48.5 Å². The van der Waals surface area contributed by atoms with Crippen LogP contribution in [0, 0.1) is 0 Å². The molecule has 0 aliphatic heterocycles. The number of para-hydroxylation sites is 1. The van der Waals surface area contributed by atoms with Crippen LogP contribution in [0.4, 0.5) is 0 Å². The Morgan fingerprint density at radius 1 is 1.12 bits per heavy atom. The molecule has 0 bridgehead atoms. The van der Waals surface area contributed by atoms with E-state index in [9.17, 15) is 4.79 Å². The van der Waals surface area contributed by atoms with Crippen LogP contribution >= 0.6 is 11.6 Å². The van der Waals surface area contributed by atoms with E-state index in [1.807, 2.05) is 26.0 Å². The molecule has 0 spiro atoms. The van der Waals surface area contributed by atoms with Crippen LogP contribution in [0.3, 0.4) is 0 Å². The molecule has 0 aliphatic rings. The lowest BCUT2D eigenvalue weighted by Crippen LogP contribution is -2.39. The summed E-state index contributed by atoms with van der Waals surface area (Å²) in [4.78, 5) is 12.5. The van der Waals surface area contributed by atoms with Gasteiger partial charge < -0.3 is 10.1 Å². The molecule has 4 heteroatoms. The molecule has 2 aromatic carbocycles. The van der Waals surface area contributed by atoms with Gasteiger partial charge in [-0.1, -0.05) is 61.8 Å². The maximum absolute atomic E-state index is 12.5. The zero-order valence-corrected chi connectivity index (χ0v) is 15.1. The Hall–Kier alpha value is -2.00. The zero-order valence-electron chi connectivity index (χ0n) is 14.4. The molecule has 2 aromatic rings. The summed E-state index contributed by atoms with van der Waals surface area (Å²) in [6.45, 7) is 6.01. The van der Waals surface area contributed by atoms with E-state index < -0.39 is 6.10 Å². The summed E-state index contributed by atoms with van der Waals surface area (Å²) in [6.07, 6.45) is 1.01. The number of hydrogen-bond donors (Lipinski definition) is 1. The zero-order chi connectivity index (χ0) is 17.5. The summed E-state index contributed by atoms with van der Waals surface area (Å²) in [7, 11) is 0. The molecule has 2 rings (SSSR count). The number of carbonyl (C=O) groups excluding carboxylic acids is 1. The number of halogens is 1. The lowest BCUT2D eigenvalue weighted by molar-refractivity contribution is -0.128. The number of ether oxygens (including phenoxy) is 1. The van der Waals surface area contributed by atoms with Crippen molar-refractivity contribution in [1.29, 1.82) is 0 Å². The van der Waals surface area contributed by atoms with E-state index in [2.05, 4.69) is 36.5 Å². The van der Waals surface area contributed by atoms with Gasteiger partial charge in [0.25, 0.3) is 5.91 Å². The van der Waals surface area contributed by atoms with Crippen LogP contribution in [0.2, 0.25) is 5.02 Å². The van der Waals surface area contributed by atoms with Gasteiger partial charge in [0.15, 0.2) is 6.10 Å². The summed E-state index contributed by atoms with van der Waals surface area (Å²) in [5.74, 6) is 0.394. The summed E-state index contributed by atoms with van der Waals surface area (Å²) >= 11 is 6.10. The van der Waals surface area contributed by atoms with Crippen molar-refractivity contribution in [3.8, 4) is 5.75 Å². The number of nitrogens with one attached hydrogen (secondary N) is 1. The molecule has 24 heavy (non-hydrogen) atoms. The molecule has 0 saturated carbocycles. The number of carbonyl (C=O) groups is 1. The Balaban J connectivity index is 2.01. The predicted octanol–water partition coefficient (Wildman–Crippen LogP) is 4.94. The average molecular weight is 346 g/mol. The maximum Gasteiger partial charge on any atom is 0.261 e. The van der Waals surface area contributed by atoms with E-state index in [0.29, 0.717) is 17.2 Å². The highest BCUT2D eigenvalue weighted by Gasteiger charge is 2.21. The Bertz CT molecular complexity index is 670. The molecule has 2 atom stereocenters. The summed E-state index contributed by atoms with van der Waals surface area (Å²) in [5, 5.41) is 3.52. The first-order chi connectivity index (χ1) is 11.5. The topological polar surface area (TPSA) is 38.3 Å². The highest BCUT2D eigenvalue weighted by Crippen LogP contribution is 2.25. The van der Waals surface area contributed by atoms with Crippen molar-refractivity contribution in [2.75, 3.05) is 0 Å². The van der Waals surface area contributed by atoms with Gasteiger partial charge in [-0.2, -0.15) is 0 Å². The van der Waals surface area contributed by atoms with E-state index >= 15 is 0 Å². The Kier molecular flexibility index (Phi) is 6.68. The third-order valence-electron chi connectivity index (χ3n) is 4.02. The quantitative estimate of drug-likeness (QED) is 0.772. The van der Waals surface area contributed by atoms with E-state index in [1.165, 1.54) is 5.56 Å². The van der Waals surface area contributed by atoms with Gasteiger partial charge >= 0.3 is 0 Å². The van der Waals surface area contributed by atoms with Gasteiger partial charge in [0.05, 0.1) is 11.1 Å². The summed E-state index contributed by atoms with van der Waals surface area (Å²) < 4.78 is 5.79. The van der Waals surface area contributed by atoms with Crippen molar-refractivity contribution in [2.24, 2.45) is 0 Å². The number of benzene rings is 2. The van der Waals surface area contributed by atoms with E-state index in [1.54, 1.807) is 12.1 Å². The molecule has 0 aliphatic carbocycles. The lowest BCUT2D eigenvalue weighted by atomic mass is 10.0. The van der Waals surface area contributed by atoms with Crippen molar-refractivity contribution in [1.82, 2.24) is 5.32 Å². The third kappa shape index (κ3) is 4.75. The first-order valence-electron chi connectivity index (χ1n) is 8.35. The largest absolute Gasteiger partial charge is 0.479 e. The van der Waals surface area contributed by atoms with Gasteiger partial charge in [0, 0.05) is 0 Å². The minimum atomic E-state index is -0.567. The van der Waals surface area contributed by atoms with Crippen LogP contribution in [0.1, 0.15) is 44.4 Å². The summed E-state index contributed by atoms with van der Waals surface area (Å²) in [6, 6.07) is 15.4. The van der Waals surface area contributed by atoms with Crippen LogP contribution < -0.4 is 10.1 Å². The van der Waals surface area contributed by atoms with Crippen molar-refractivity contribution in [2.45, 2.75) is 45.8 Å². The summed E-state index contributed by atoms with van der Waals surface area (Å²) in [5.41, 5.74) is 2.36. The number of aryl methyl sites for hydroxylation is 1. The molecule has 0 heterocycles. The first kappa shape index (κ1) is 18.3. The van der Waals surface area contributed by atoms with Gasteiger partial charge in [-0.3, -0.25) is 4.79 Å². The smallest absolute Gasteiger partial charge is 0.261 e. The maximum atomic E-state index is 12.5. The molecule has 0 radical (unpaired) electrons. The first-order valence-corrected chi connectivity index (χ1v) is 8.73. The number of rotatable bonds is 7. The van der Waals surface area contributed by atoms with Crippen molar-refractivity contribution in [3.05, 3.63) is 64.7 Å². The normalized spacial score (nSPS) is 13.2. The van der Waals surface area contributed by atoms with Crippen LogP contribution in [-0.4, -0.2) is 12.0 Å². The SMILES string of the molecule is CCc1ccc([C@@H](C)NC(=O)[C@H](CC)Oc2ccccc2Cl)cc1. The molecule has 3 nitrogen and oxygen atoms in total. The molecule has 128 valence electrons. The van der Waals surface area contributed by atoms with Crippen LogP contribution in [0.5, 0.6) is 5.75 Å². The van der Waals surface area contributed by atoms with Gasteiger partial charge in [-0.05, 0) is 43.0 Å². The Morgan fingerprint density at radius 2 is 1.79 bits per heavy atom. The second-order valence-electron chi connectivity index (χ2n) is 5.77. The fourth-order valence-corrected chi connectivity index (χ4v) is 2.63. The molecule has 0 unspecified atom stereocenters. The van der Waals surface area contributed by atoms with Crippen molar-refractivity contribution < 1.29 is 9.53 Å². The van der Waals surface area contributed by atoms with Crippen molar-refractivity contribution in [3.63, 3.8) is 0 Å². The average Bonchev–Trinajstić information content (AvgIpc) is 2.61. The fraction of sp³-hybridized carbons (Fsp3) is 0.350. The standard InChI is InChI=1S/C20H24ClNO2/c1-4-15-10-12-16(13-11-15)14(3)22-20(23)18(5-2)24-19-9-7-6-8-17(19)21/h6-14,18H,4-5H2,1-3H3,(H,22,23)/t14-,18+/m1/s1. The molecule has 0 saturated heterocycles. The third-order valence-corrected chi connectivity index (χ3v) is 4.33. The second-order valence-corrected chi connectivity index (χ2v) is 6.18. The molecular weight excluding hydrogens is 322 g/mol. The monoisotopic (exact) mass is 345 g/mol. The van der Waals surface area contributed by atoms with E-state index in [0.717, 1.165) is 12.0 Å². The van der Waals surface area contributed by atoms with Gasteiger partial charge in [0.2, 0.25) is 0 Å². The molecule has 1 N–H and O–H groups in total. The highest BCUT2D eigenvalue weighted by atomic mass is 35.5. The fourth-order valence-electron chi connectivity index (χ4n) is 2.45. The van der Waals surface area contributed by atoms with E-state index in [4.69, 9.17) is 16.3 Å². The highest BCUT2D eigenvalue weighted by molar-refractivity contribution is 6.32. The van der Waals surface area contributed by atoms with Gasteiger partial charge in [0.1, 0.15) is 5.75 Å². The van der Waals surface area contributed by atoms with Crippen LogP contribution in [0.25, 0.3) is 0 Å². The molecule has 0 fully saturated rings. The molecular formula is C20H24ClNO2. The number of hydrogen-bond acceptors (Lipinski definition) is 2. The van der Waals surface area contributed by atoms with Crippen LogP contribution in [-0.2, 0) is 11.2 Å². The van der Waals surface area contributed by atoms with Gasteiger partial charge in [-0.15, -0.1) is 0 Å². The van der Waals surface area contributed by atoms with Crippen molar-refractivity contribution >= 4 is 17.5 Å². The number of amides is 1. The minimum absolute atomic E-state index is 0.0766. The second kappa shape index (κ2) is 8.74. The minimum Gasteiger partial charge on any atom is -0.479 e. The Labute approximate surface area is 149 Å². The van der Waals surface area contributed by atoms with Gasteiger partial charge in [-0.25, -0.2) is 0 Å². The lowest BCUT2D eigenvalue weighted by Gasteiger charge is -2.21. The van der Waals surface area contributed by atoms with E-state index in [-0.39, 0.29) is 11.9 Å². The predicted molar refractivity (Wildman–Crippen MR) is 98.5 cm³/mol. The molecule has 1 amide bonds. The Morgan fingerprint density at radius 3 is 2.38 bits per heavy atom. The molecule has 0 aromatic heterocycles.